The molecule has 0 spiro atoms. The molecule has 1 amide bonds. The van der Waals surface area contributed by atoms with Gasteiger partial charge in [0.2, 0.25) is 0 Å². The summed E-state index contributed by atoms with van der Waals surface area (Å²) in [6.45, 7) is 2.96. The second-order valence-corrected chi connectivity index (χ2v) is 4.91. The summed E-state index contributed by atoms with van der Waals surface area (Å²) in [6, 6.07) is 8.48. The number of halogens is 1. The van der Waals surface area contributed by atoms with Crippen LogP contribution in [-0.2, 0) is 9.53 Å². The molecule has 0 saturated heterocycles. The van der Waals surface area contributed by atoms with E-state index in [0.29, 0.717) is 10.3 Å². The van der Waals surface area contributed by atoms with Gasteiger partial charge in [-0.05, 0) is 37.6 Å². The Morgan fingerprint density at radius 1 is 1.30 bits per heavy atom. The molecule has 0 fully saturated rings. The molecule has 2 aromatic rings. The lowest BCUT2D eigenvalue weighted by atomic mass is 10.2. The van der Waals surface area contributed by atoms with Crippen molar-refractivity contribution in [2.75, 3.05) is 5.32 Å². The van der Waals surface area contributed by atoms with Crippen molar-refractivity contribution < 1.29 is 23.4 Å². The number of amides is 1. The van der Waals surface area contributed by atoms with Gasteiger partial charge in [-0.3, -0.25) is 4.79 Å². The van der Waals surface area contributed by atoms with Gasteiger partial charge in [0.05, 0.1) is 0 Å². The van der Waals surface area contributed by atoms with E-state index in [9.17, 15) is 19.2 Å². The summed E-state index contributed by atoms with van der Waals surface area (Å²) in [6.07, 6.45) is 0.00299. The molecule has 0 aliphatic rings. The predicted octanol–water partition coefficient (Wildman–Crippen LogP) is 1.95. The van der Waals surface area contributed by atoms with Crippen molar-refractivity contribution in [3.8, 4) is 0 Å². The largest absolute Gasteiger partial charge is 0.618 e. The molecule has 2 rings (SSSR count). The minimum Gasteiger partial charge on any atom is -0.618 e. The van der Waals surface area contributed by atoms with E-state index >= 15 is 0 Å². The third-order valence-corrected chi connectivity index (χ3v) is 3.13. The van der Waals surface area contributed by atoms with Crippen molar-refractivity contribution in [1.29, 1.82) is 0 Å². The third-order valence-electron chi connectivity index (χ3n) is 3.13. The van der Waals surface area contributed by atoms with Gasteiger partial charge in [0.25, 0.3) is 5.91 Å². The van der Waals surface area contributed by atoms with Crippen LogP contribution in [0, 0.1) is 17.9 Å². The zero-order valence-electron chi connectivity index (χ0n) is 12.6. The Hall–Kier alpha value is -2.96. The lowest BCUT2D eigenvalue weighted by Gasteiger charge is -2.13. The molecule has 0 bridgehead atoms. The topological polar surface area (TPSA) is 82.3 Å². The lowest BCUT2D eigenvalue weighted by molar-refractivity contribution is -0.608. The summed E-state index contributed by atoms with van der Waals surface area (Å²) in [4.78, 5) is 23.8. The number of hydrogen-bond acceptors (Lipinski definition) is 4. The fraction of sp³-hybridized carbons (Fsp3) is 0.188. The van der Waals surface area contributed by atoms with Crippen LogP contribution in [0.15, 0.2) is 42.6 Å². The van der Waals surface area contributed by atoms with Crippen LogP contribution in [0.3, 0.4) is 0 Å². The van der Waals surface area contributed by atoms with E-state index in [1.165, 1.54) is 43.3 Å². The van der Waals surface area contributed by atoms with Gasteiger partial charge in [-0.25, -0.2) is 9.18 Å². The van der Waals surface area contributed by atoms with E-state index in [2.05, 4.69) is 5.32 Å². The van der Waals surface area contributed by atoms with Gasteiger partial charge in [-0.2, -0.15) is 4.73 Å². The van der Waals surface area contributed by atoms with Gasteiger partial charge in [0, 0.05) is 17.8 Å². The van der Waals surface area contributed by atoms with E-state index in [4.69, 9.17) is 4.74 Å². The summed E-state index contributed by atoms with van der Waals surface area (Å²) in [5.41, 5.74) is 0.472. The first-order valence-electron chi connectivity index (χ1n) is 6.84. The number of hydrogen-bond donors (Lipinski definition) is 1. The van der Waals surface area contributed by atoms with Crippen molar-refractivity contribution >= 4 is 17.6 Å². The van der Waals surface area contributed by atoms with Crippen LogP contribution in [0.1, 0.15) is 23.0 Å². The highest BCUT2D eigenvalue weighted by Gasteiger charge is 2.23. The number of rotatable bonds is 4. The molecule has 1 aromatic heterocycles. The molecule has 1 heterocycles. The average molecular weight is 318 g/mol. The molecule has 0 radical (unpaired) electrons. The molecule has 0 saturated carbocycles. The molecule has 7 heteroatoms. The maximum atomic E-state index is 13.4. The zero-order valence-corrected chi connectivity index (χ0v) is 12.6. The van der Waals surface area contributed by atoms with Gasteiger partial charge in [0.1, 0.15) is 5.82 Å². The van der Waals surface area contributed by atoms with E-state index in [-0.39, 0.29) is 11.4 Å². The molecule has 1 N–H and O–H groups in total. The first kappa shape index (κ1) is 16.4. The summed E-state index contributed by atoms with van der Waals surface area (Å²) in [7, 11) is 0. The van der Waals surface area contributed by atoms with Gasteiger partial charge >= 0.3 is 11.7 Å². The molecule has 0 aliphatic heterocycles. The first-order valence-corrected chi connectivity index (χ1v) is 6.84. The van der Waals surface area contributed by atoms with E-state index in [0.717, 1.165) is 6.20 Å². The molecule has 120 valence electrons. The smallest absolute Gasteiger partial charge is 0.405 e. The molecular weight excluding hydrogens is 303 g/mol. The summed E-state index contributed by atoms with van der Waals surface area (Å²) in [5.74, 6) is -2.00. The van der Waals surface area contributed by atoms with Crippen molar-refractivity contribution in [2.45, 2.75) is 20.0 Å². The quantitative estimate of drug-likeness (QED) is 0.531. The molecule has 0 aliphatic carbocycles. The van der Waals surface area contributed by atoms with Crippen LogP contribution < -0.4 is 10.0 Å². The second-order valence-electron chi connectivity index (χ2n) is 4.91. The van der Waals surface area contributed by atoms with E-state index < -0.39 is 23.8 Å². The number of nitrogens with zero attached hydrogens (tertiary/aromatic N) is 1. The Bertz CT molecular complexity index is 749. The molecule has 0 unspecified atom stereocenters. The molecular formula is C16H15FN2O4. The van der Waals surface area contributed by atoms with Crippen molar-refractivity contribution in [3.05, 3.63) is 64.9 Å². The summed E-state index contributed by atoms with van der Waals surface area (Å²) in [5, 5.41) is 13.9. The zero-order chi connectivity index (χ0) is 17.0. The summed E-state index contributed by atoms with van der Waals surface area (Å²) < 4.78 is 18.7. The van der Waals surface area contributed by atoms with Crippen molar-refractivity contribution in [2.24, 2.45) is 0 Å². The number of aryl methyl sites for hydroxylation is 1. The molecule has 6 nitrogen and oxygen atoms in total. The van der Waals surface area contributed by atoms with Crippen molar-refractivity contribution in [3.63, 3.8) is 0 Å². The number of nitrogens with one attached hydrogen (secondary N) is 1. The fourth-order valence-electron chi connectivity index (χ4n) is 1.78. The van der Waals surface area contributed by atoms with E-state index in [1.807, 2.05) is 0 Å². The number of pyridine rings is 1. The van der Waals surface area contributed by atoms with Crippen molar-refractivity contribution in [1.82, 2.24) is 0 Å². The average Bonchev–Trinajstić information content (AvgIpc) is 2.51. The highest BCUT2D eigenvalue weighted by Crippen LogP contribution is 2.14. The van der Waals surface area contributed by atoms with Crippen LogP contribution in [0.4, 0.5) is 10.1 Å². The number of anilines is 1. The van der Waals surface area contributed by atoms with E-state index in [1.54, 1.807) is 6.92 Å². The predicted molar refractivity (Wildman–Crippen MR) is 80.0 cm³/mol. The van der Waals surface area contributed by atoms with Gasteiger partial charge in [-0.1, -0.05) is 6.07 Å². The minimum atomic E-state index is -1.15. The standard InChI is InChI=1S/C16H15FN2O4/c1-10-6-7-12(9-13(10)17)18-15(20)11(2)23-16(21)14-5-3-4-8-19(14)22/h3-9,11H,1-2H3,(H,18,20)/t11-/m1/s1. The number of carbonyl (C=O) groups is 2. The Kier molecular flexibility index (Phi) is 4.90. The molecule has 1 atom stereocenters. The Balaban J connectivity index is 2.01. The normalized spacial score (nSPS) is 11.6. The first-order chi connectivity index (χ1) is 10.9. The Morgan fingerprint density at radius 3 is 2.70 bits per heavy atom. The van der Waals surface area contributed by atoms with Crippen LogP contribution in [0.25, 0.3) is 0 Å². The Labute approximate surface area is 132 Å². The van der Waals surface area contributed by atoms with Crippen LogP contribution in [0.5, 0.6) is 0 Å². The van der Waals surface area contributed by atoms with Gasteiger partial charge in [0.15, 0.2) is 12.3 Å². The van der Waals surface area contributed by atoms with Crippen LogP contribution in [0.2, 0.25) is 0 Å². The van der Waals surface area contributed by atoms with Gasteiger partial charge in [-0.15, -0.1) is 0 Å². The lowest BCUT2D eigenvalue weighted by Crippen LogP contribution is -2.37. The Morgan fingerprint density at radius 2 is 2.04 bits per heavy atom. The molecule has 1 aromatic carbocycles. The number of benzene rings is 1. The number of esters is 1. The number of carbonyl (C=O) groups excluding carboxylic acids is 2. The fourth-order valence-corrected chi connectivity index (χ4v) is 1.78. The SMILES string of the molecule is Cc1ccc(NC(=O)[C@@H](C)OC(=O)c2cccc[n+]2[O-])cc1F. The van der Waals surface area contributed by atoms with Crippen LogP contribution >= 0.6 is 0 Å². The molecule has 23 heavy (non-hydrogen) atoms. The third kappa shape index (κ3) is 4.03. The number of ether oxygens (including phenoxy) is 1. The maximum Gasteiger partial charge on any atom is 0.405 e. The maximum absolute atomic E-state index is 13.4. The minimum absolute atomic E-state index is 0.228. The second kappa shape index (κ2) is 6.87. The number of aromatic nitrogens is 1. The monoisotopic (exact) mass is 318 g/mol. The van der Waals surface area contributed by atoms with Crippen LogP contribution in [-0.4, -0.2) is 18.0 Å². The highest BCUT2D eigenvalue weighted by atomic mass is 19.1. The van der Waals surface area contributed by atoms with Gasteiger partial charge < -0.3 is 15.3 Å². The summed E-state index contributed by atoms with van der Waals surface area (Å²) >= 11 is 0. The highest BCUT2D eigenvalue weighted by molar-refractivity contribution is 5.96.